The van der Waals surface area contributed by atoms with Crippen LogP contribution in [0.3, 0.4) is 0 Å². The van der Waals surface area contributed by atoms with Crippen LogP contribution < -0.4 is 15.4 Å². The number of nitrogens with one attached hydrogen (secondary N) is 2. The summed E-state index contributed by atoms with van der Waals surface area (Å²) in [5.41, 5.74) is 2.35. The highest BCUT2D eigenvalue weighted by atomic mass is 32.2. The summed E-state index contributed by atoms with van der Waals surface area (Å²) in [5.74, 6) is -4.32. The fourth-order valence-corrected chi connectivity index (χ4v) is 5.60. The van der Waals surface area contributed by atoms with Crippen molar-refractivity contribution in [1.82, 2.24) is 20.1 Å². The van der Waals surface area contributed by atoms with Crippen molar-refractivity contribution in [2.75, 3.05) is 23.9 Å². The second-order valence-electron chi connectivity index (χ2n) is 10.3. The Kier molecular flexibility index (Phi) is 6.44. The molecule has 0 bridgehead atoms. The number of aryl methyl sites for hydroxylation is 2. The van der Waals surface area contributed by atoms with Gasteiger partial charge >= 0.3 is 0 Å². The lowest BCUT2D eigenvalue weighted by Crippen LogP contribution is -2.49. The number of carbonyl (C=O) groups excluding carboxylic acids is 2. The highest BCUT2D eigenvalue weighted by molar-refractivity contribution is 7.91. The van der Waals surface area contributed by atoms with Gasteiger partial charge in [0.05, 0.1) is 11.2 Å². The van der Waals surface area contributed by atoms with Crippen LogP contribution in [0.15, 0.2) is 36.5 Å². The zero-order valence-electron chi connectivity index (χ0n) is 21.5. The van der Waals surface area contributed by atoms with Crippen molar-refractivity contribution in [3.63, 3.8) is 0 Å². The van der Waals surface area contributed by atoms with Crippen LogP contribution in [0.1, 0.15) is 46.1 Å². The van der Waals surface area contributed by atoms with Gasteiger partial charge in [-0.2, -0.15) is 9.78 Å². The van der Waals surface area contributed by atoms with E-state index in [0.29, 0.717) is 36.5 Å². The van der Waals surface area contributed by atoms with Gasteiger partial charge in [0.25, 0.3) is 11.8 Å². The Morgan fingerprint density at radius 3 is 2.72 bits per heavy atom. The third-order valence-corrected chi connectivity index (χ3v) is 7.46. The second kappa shape index (κ2) is 9.40. The smallest absolute Gasteiger partial charge is 0.278 e. The topological polar surface area (TPSA) is 132 Å². The number of nitrogens with zero attached hydrogens (tertiary/aromatic N) is 3. The summed E-state index contributed by atoms with van der Waals surface area (Å²) in [6.45, 7) is 1.90. The molecule has 0 saturated carbocycles. The maximum Gasteiger partial charge on any atom is 0.278 e. The van der Waals surface area contributed by atoms with Crippen LogP contribution in [0.2, 0.25) is 0 Å². The number of rotatable bonds is 7. The van der Waals surface area contributed by atoms with Crippen molar-refractivity contribution >= 4 is 27.5 Å². The molecule has 1 atom stereocenters. The minimum absolute atomic E-state index is 0.0322. The number of halogens is 2. The molecule has 1 aliphatic carbocycles. The average molecular weight is 560 g/mol. The van der Waals surface area contributed by atoms with Gasteiger partial charge in [-0.25, -0.2) is 22.2 Å². The van der Waals surface area contributed by atoms with Crippen molar-refractivity contribution in [2.24, 2.45) is 0 Å². The summed E-state index contributed by atoms with van der Waals surface area (Å²) in [5, 5.41) is 10.3. The van der Waals surface area contributed by atoms with Gasteiger partial charge in [0.15, 0.2) is 28.1 Å². The first-order valence-corrected chi connectivity index (χ1v) is 14.3. The molecule has 3 heterocycles. The summed E-state index contributed by atoms with van der Waals surface area (Å²) in [6.07, 6.45) is 3.98. The quantitative estimate of drug-likeness (QED) is 0.455. The van der Waals surface area contributed by atoms with Gasteiger partial charge in [0, 0.05) is 25.8 Å². The Balaban J connectivity index is 1.52. The molecule has 2 aromatic heterocycles. The van der Waals surface area contributed by atoms with Crippen molar-refractivity contribution in [3.05, 3.63) is 64.5 Å². The summed E-state index contributed by atoms with van der Waals surface area (Å²) in [4.78, 5) is 30.5. The Hall–Kier alpha value is -3.87. The van der Waals surface area contributed by atoms with Crippen LogP contribution in [0.5, 0.6) is 5.75 Å². The number of amides is 2. The van der Waals surface area contributed by atoms with Crippen LogP contribution in [-0.2, 0) is 33.0 Å². The van der Waals surface area contributed by atoms with E-state index in [2.05, 4.69) is 20.7 Å². The molecule has 5 rings (SSSR count). The van der Waals surface area contributed by atoms with E-state index in [1.807, 2.05) is 6.92 Å². The van der Waals surface area contributed by atoms with Crippen molar-refractivity contribution in [3.8, 4) is 11.6 Å². The fourth-order valence-electron chi connectivity index (χ4n) is 5.05. The zero-order chi connectivity index (χ0) is 28.2. The van der Waals surface area contributed by atoms with Crippen molar-refractivity contribution < 1.29 is 31.5 Å². The molecule has 0 unspecified atom stereocenters. The summed E-state index contributed by atoms with van der Waals surface area (Å²) in [7, 11) is -3.62. The van der Waals surface area contributed by atoms with E-state index in [1.165, 1.54) is 4.68 Å². The summed E-state index contributed by atoms with van der Waals surface area (Å²) in [6, 6.07) is 8.56. The molecule has 39 heavy (non-hydrogen) atoms. The van der Waals surface area contributed by atoms with Crippen LogP contribution in [0.25, 0.3) is 5.82 Å². The molecule has 1 spiro atoms. The lowest BCUT2D eigenvalue weighted by molar-refractivity contribution is -0.113. The number of aromatic nitrogens is 3. The number of alkyl halides is 2. The molecule has 0 fully saturated rings. The minimum Gasteiger partial charge on any atom is -0.487 e. The molecule has 3 aromatic rings. The Labute approximate surface area is 223 Å². The molecule has 2 N–H and O–H groups in total. The molecule has 1 aliphatic heterocycles. The average Bonchev–Trinajstić information content (AvgIpc) is 3.35. The first kappa shape index (κ1) is 26.7. The predicted octanol–water partition coefficient (Wildman–Crippen LogP) is 2.72. The Morgan fingerprint density at radius 2 is 2.05 bits per heavy atom. The van der Waals surface area contributed by atoms with Crippen LogP contribution >= 0.6 is 0 Å². The Morgan fingerprint density at radius 1 is 1.28 bits per heavy atom. The first-order valence-electron chi connectivity index (χ1n) is 12.2. The molecule has 2 aliphatic rings. The molecule has 0 radical (unpaired) electrons. The Bertz CT molecular complexity index is 1580. The molecule has 206 valence electrons. The molecule has 10 nitrogen and oxygen atoms in total. The van der Waals surface area contributed by atoms with Gasteiger partial charge in [-0.15, -0.1) is 0 Å². The summed E-state index contributed by atoms with van der Waals surface area (Å²) < 4.78 is 56.5. The largest absolute Gasteiger partial charge is 0.487 e. The third kappa shape index (κ3) is 5.49. The van der Waals surface area contributed by atoms with E-state index >= 15 is 0 Å². The maximum absolute atomic E-state index is 13.6. The molecular weight excluding hydrogens is 532 g/mol. The third-order valence-electron chi connectivity index (χ3n) is 6.68. The SMILES string of the molecule is Cc1ccc(-n2nc3c(c2NC(=O)CS(C)(=O)=O)C(=O)N[C@@]2(CCc4cc(OCC(C)(F)F)ccc42)C3)nc1. The molecule has 13 heteroatoms. The fraction of sp³-hybridized carbons (Fsp3) is 0.385. The van der Waals surface area contributed by atoms with E-state index in [4.69, 9.17) is 4.74 Å². The number of anilines is 1. The maximum atomic E-state index is 13.6. The highest BCUT2D eigenvalue weighted by Crippen LogP contribution is 2.44. The normalized spacial score (nSPS) is 18.4. The number of hydrogen-bond acceptors (Lipinski definition) is 7. The van der Waals surface area contributed by atoms with Crippen LogP contribution in [-0.4, -0.2) is 59.5 Å². The van der Waals surface area contributed by atoms with E-state index in [1.54, 1.807) is 36.5 Å². The van der Waals surface area contributed by atoms with Gasteiger partial charge in [-0.1, -0.05) is 12.1 Å². The highest BCUT2D eigenvalue weighted by Gasteiger charge is 2.47. The van der Waals surface area contributed by atoms with E-state index < -0.39 is 45.5 Å². The van der Waals surface area contributed by atoms with E-state index in [9.17, 15) is 26.8 Å². The number of pyridine rings is 1. The van der Waals surface area contributed by atoms with Crippen molar-refractivity contribution in [1.29, 1.82) is 0 Å². The molecule has 2 amide bonds. The van der Waals surface area contributed by atoms with Gasteiger partial charge in [0.1, 0.15) is 17.1 Å². The number of benzene rings is 1. The lowest BCUT2D eigenvalue weighted by Gasteiger charge is -2.35. The van der Waals surface area contributed by atoms with Gasteiger partial charge < -0.3 is 15.4 Å². The van der Waals surface area contributed by atoms with E-state index in [-0.39, 0.29) is 11.4 Å². The van der Waals surface area contributed by atoms with Gasteiger partial charge in [-0.3, -0.25) is 9.59 Å². The van der Waals surface area contributed by atoms with Gasteiger partial charge in [-0.05, 0) is 54.7 Å². The number of carbonyl (C=O) groups is 2. The molecule has 1 aromatic carbocycles. The standard InChI is InChI=1S/C26H27F2N5O5S/c1-15-4-7-20(29-12-15)33-23(30-21(34)13-39(3,36)37)22-19(32-33)11-26(31-24(22)35)9-8-16-10-17(5-6-18(16)26)38-14-25(2,27)28/h4-7,10,12H,8-9,11,13-14H2,1-3H3,(H,30,34)(H,31,35)/t26-/m0/s1. The predicted molar refractivity (Wildman–Crippen MR) is 138 cm³/mol. The second-order valence-corrected chi connectivity index (χ2v) is 12.4. The number of hydrogen-bond donors (Lipinski definition) is 2. The zero-order valence-corrected chi connectivity index (χ0v) is 22.4. The van der Waals surface area contributed by atoms with Crippen LogP contribution in [0.4, 0.5) is 14.6 Å². The lowest BCUT2D eigenvalue weighted by atomic mass is 9.82. The van der Waals surface area contributed by atoms with Gasteiger partial charge in [0.2, 0.25) is 5.91 Å². The number of sulfone groups is 1. The van der Waals surface area contributed by atoms with Crippen LogP contribution in [0, 0.1) is 6.92 Å². The molecular formula is C26H27F2N5O5S. The number of fused-ring (bicyclic) bond motifs is 3. The minimum atomic E-state index is -3.62. The molecule has 0 saturated heterocycles. The van der Waals surface area contributed by atoms with E-state index in [0.717, 1.165) is 29.9 Å². The first-order chi connectivity index (χ1) is 18.2. The monoisotopic (exact) mass is 559 g/mol. The van der Waals surface area contributed by atoms with Crippen molar-refractivity contribution in [2.45, 2.75) is 44.6 Å². The summed E-state index contributed by atoms with van der Waals surface area (Å²) >= 11 is 0. The number of ether oxygens (including phenoxy) is 1.